The van der Waals surface area contributed by atoms with E-state index >= 15 is 0 Å². The van der Waals surface area contributed by atoms with Crippen LogP contribution in [0, 0.1) is 6.92 Å². The second kappa shape index (κ2) is 9.58. The highest BCUT2D eigenvalue weighted by Crippen LogP contribution is 2.31. The molecule has 3 aromatic heterocycles. The van der Waals surface area contributed by atoms with Gasteiger partial charge in [0.2, 0.25) is 5.91 Å². The molecule has 0 spiro atoms. The molecule has 34 heavy (non-hydrogen) atoms. The van der Waals surface area contributed by atoms with Crippen LogP contribution in [-0.2, 0) is 11.3 Å². The van der Waals surface area contributed by atoms with Crippen LogP contribution in [0.2, 0.25) is 5.02 Å². The van der Waals surface area contributed by atoms with Crippen LogP contribution in [0.1, 0.15) is 11.1 Å². The summed E-state index contributed by atoms with van der Waals surface area (Å²) in [4.78, 5) is 36.2. The first-order chi connectivity index (χ1) is 16.5. The van der Waals surface area contributed by atoms with Gasteiger partial charge in [0.15, 0.2) is 5.16 Å². The number of halogens is 1. The number of aryl methyl sites for hydroxylation is 1. The number of fused-ring (bicyclic) bond motifs is 3. The van der Waals surface area contributed by atoms with E-state index in [1.165, 1.54) is 23.1 Å². The third-order valence-corrected chi connectivity index (χ3v) is 7.67. The lowest BCUT2D eigenvalue weighted by molar-refractivity contribution is -0.113. The Morgan fingerprint density at radius 3 is 2.82 bits per heavy atom. The minimum Gasteiger partial charge on any atom is -0.325 e. The number of aromatic nitrogens is 3. The average molecular weight is 507 g/mol. The van der Waals surface area contributed by atoms with Crippen molar-refractivity contribution < 1.29 is 4.79 Å². The summed E-state index contributed by atoms with van der Waals surface area (Å²) in [6, 6.07) is 18.7. The van der Waals surface area contributed by atoms with Gasteiger partial charge in [0.1, 0.15) is 9.53 Å². The lowest BCUT2D eigenvalue weighted by atomic mass is 10.2. The number of hydrogen-bond donors (Lipinski definition) is 1. The molecule has 6 nitrogen and oxygen atoms in total. The summed E-state index contributed by atoms with van der Waals surface area (Å²) in [6.45, 7) is 2.22. The van der Waals surface area contributed by atoms with Crippen LogP contribution in [0.5, 0.6) is 0 Å². The zero-order chi connectivity index (χ0) is 23.7. The maximum Gasteiger partial charge on any atom is 0.272 e. The van der Waals surface area contributed by atoms with Crippen molar-refractivity contribution in [2.45, 2.75) is 18.6 Å². The first kappa shape index (κ1) is 22.6. The van der Waals surface area contributed by atoms with Crippen LogP contribution in [0.3, 0.4) is 0 Å². The van der Waals surface area contributed by atoms with Crippen molar-refractivity contribution in [1.82, 2.24) is 14.5 Å². The summed E-state index contributed by atoms with van der Waals surface area (Å²) in [7, 11) is 0. The Balaban J connectivity index is 1.52. The Kier molecular flexibility index (Phi) is 6.36. The molecule has 0 saturated carbocycles. The molecule has 2 aromatic carbocycles. The Bertz CT molecular complexity index is 1600. The van der Waals surface area contributed by atoms with E-state index in [4.69, 9.17) is 16.6 Å². The van der Waals surface area contributed by atoms with Gasteiger partial charge in [0, 0.05) is 22.3 Å². The molecule has 5 aromatic rings. The molecule has 3 heterocycles. The third-order valence-electron chi connectivity index (χ3n) is 5.24. The number of carbonyl (C=O) groups is 1. The van der Waals surface area contributed by atoms with Gasteiger partial charge in [-0.3, -0.25) is 14.2 Å². The molecule has 1 N–H and O–H groups in total. The van der Waals surface area contributed by atoms with E-state index in [-0.39, 0.29) is 23.8 Å². The molecule has 0 bridgehead atoms. The van der Waals surface area contributed by atoms with Crippen molar-refractivity contribution in [1.29, 1.82) is 0 Å². The van der Waals surface area contributed by atoms with Gasteiger partial charge in [-0.05, 0) is 48.4 Å². The highest BCUT2D eigenvalue weighted by Gasteiger charge is 2.18. The largest absolute Gasteiger partial charge is 0.325 e. The second-order valence-corrected chi connectivity index (χ2v) is 10.1. The van der Waals surface area contributed by atoms with E-state index in [0.29, 0.717) is 20.4 Å². The van der Waals surface area contributed by atoms with E-state index in [1.54, 1.807) is 16.8 Å². The number of nitrogens with one attached hydrogen (secondary N) is 1. The molecule has 9 heteroatoms. The van der Waals surface area contributed by atoms with Crippen LogP contribution in [0.15, 0.2) is 76.8 Å². The smallest absolute Gasteiger partial charge is 0.272 e. The lowest BCUT2D eigenvalue weighted by Gasteiger charge is -2.13. The predicted molar refractivity (Wildman–Crippen MR) is 140 cm³/mol. The number of pyridine rings is 1. The van der Waals surface area contributed by atoms with Gasteiger partial charge < -0.3 is 5.32 Å². The molecule has 0 fully saturated rings. The number of amides is 1. The molecule has 1 amide bonds. The summed E-state index contributed by atoms with van der Waals surface area (Å²) in [5, 5.41) is 4.76. The highest BCUT2D eigenvalue weighted by molar-refractivity contribution is 7.99. The van der Waals surface area contributed by atoms with Crippen LogP contribution >= 0.6 is 34.7 Å². The van der Waals surface area contributed by atoms with Crippen molar-refractivity contribution in [3.05, 3.63) is 93.4 Å². The molecular weight excluding hydrogens is 488 g/mol. The fraction of sp³-hybridized carbons (Fsp3) is 0.120. The lowest BCUT2D eigenvalue weighted by Crippen LogP contribution is -2.24. The monoisotopic (exact) mass is 506 g/mol. The van der Waals surface area contributed by atoms with Crippen LogP contribution < -0.4 is 10.9 Å². The standard InChI is InChI=1S/C25H19ClN4O2S2/c1-15-6-4-8-17(12-15)28-20(31)14-33-25-29-21-18-9-5-11-27-23(18)34-22(21)24(32)30(25)13-16-7-2-3-10-19(16)26/h2-12H,13-14H2,1H3,(H,28,31). The van der Waals surface area contributed by atoms with Gasteiger partial charge >= 0.3 is 0 Å². The number of thiophene rings is 1. The Morgan fingerprint density at radius 1 is 1.15 bits per heavy atom. The van der Waals surface area contributed by atoms with E-state index in [0.717, 1.165) is 27.0 Å². The van der Waals surface area contributed by atoms with Gasteiger partial charge in [-0.1, -0.05) is 53.7 Å². The Morgan fingerprint density at radius 2 is 2.00 bits per heavy atom. The number of nitrogens with zero attached hydrogens (tertiary/aromatic N) is 3. The molecule has 0 saturated heterocycles. The van der Waals surface area contributed by atoms with Crippen molar-refractivity contribution in [2.75, 3.05) is 11.1 Å². The molecule has 0 aliphatic rings. The fourth-order valence-corrected chi connectivity index (χ4v) is 5.66. The van der Waals surface area contributed by atoms with E-state index in [2.05, 4.69) is 10.3 Å². The Labute approximate surface area is 208 Å². The third kappa shape index (κ3) is 4.57. The Hall–Kier alpha value is -3.20. The van der Waals surface area contributed by atoms with E-state index in [1.807, 2.05) is 61.5 Å². The summed E-state index contributed by atoms with van der Waals surface area (Å²) in [6.07, 6.45) is 1.70. The average Bonchev–Trinajstić information content (AvgIpc) is 3.20. The molecule has 0 atom stereocenters. The van der Waals surface area contributed by atoms with Gasteiger partial charge in [-0.2, -0.15) is 0 Å². The summed E-state index contributed by atoms with van der Waals surface area (Å²) in [5.74, 6) is -0.0690. The number of thioether (sulfide) groups is 1. The van der Waals surface area contributed by atoms with Crippen LogP contribution in [0.4, 0.5) is 5.69 Å². The number of anilines is 1. The number of hydrogen-bond acceptors (Lipinski definition) is 6. The highest BCUT2D eigenvalue weighted by atomic mass is 35.5. The summed E-state index contributed by atoms with van der Waals surface area (Å²) < 4.78 is 2.12. The summed E-state index contributed by atoms with van der Waals surface area (Å²) >= 11 is 8.93. The molecule has 0 radical (unpaired) electrons. The van der Waals surface area contributed by atoms with Crippen LogP contribution in [0.25, 0.3) is 20.4 Å². The molecule has 170 valence electrons. The number of benzene rings is 2. The zero-order valence-corrected chi connectivity index (χ0v) is 20.5. The molecule has 0 aliphatic carbocycles. The zero-order valence-electron chi connectivity index (χ0n) is 18.1. The van der Waals surface area contributed by atoms with Gasteiger partial charge in [0.25, 0.3) is 5.56 Å². The maximum absolute atomic E-state index is 13.6. The second-order valence-electron chi connectivity index (χ2n) is 7.72. The predicted octanol–water partition coefficient (Wildman–Crippen LogP) is 5.75. The van der Waals surface area contributed by atoms with Crippen molar-refractivity contribution in [2.24, 2.45) is 0 Å². The molecule has 0 unspecified atom stereocenters. The van der Waals surface area contributed by atoms with E-state index in [9.17, 15) is 9.59 Å². The summed E-state index contributed by atoms with van der Waals surface area (Å²) in [5.41, 5.74) is 3.03. The minimum atomic E-state index is -0.175. The van der Waals surface area contributed by atoms with Crippen molar-refractivity contribution in [3.63, 3.8) is 0 Å². The molecule has 0 aliphatic heterocycles. The first-order valence-electron chi connectivity index (χ1n) is 10.5. The first-order valence-corrected chi connectivity index (χ1v) is 12.7. The fourth-order valence-electron chi connectivity index (χ4n) is 3.64. The number of carbonyl (C=O) groups excluding carboxylic acids is 1. The van der Waals surface area contributed by atoms with Gasteiger partial charge in [-0.25, -0.2) is 9.97 Å². The normalized spacial score (nSPS) is 11.2. The molecule has 5 rings (SSSR count). The van der Waals surface area contributed by atoms with Crippen LogP contribution in [-0.4, -0.2) is 26.2 Å². The number of rotatable bonds is 6. The maximum atomic E-state index is 13.6. The van der Waals surface area contributed by atoms with Crippen molar-refractivity contribution >= 4 is 66.7 Å². The SMILES string of the molecule is Cc1cccc(NC(=O)CSc2nc3c(sc4ncccc43)c(=O)n2Cc2ccccc2Cl)c1. The quantitative estimate of drug-likeness (QED) is 0.234. The van der Waals surface area contributed by atoms with Crippen molar-refractivity contribution in [3.8, 4) is 0 Å². The van der Waals surface area contributed by atoms with Gasteiger partial charge in [0.05, 0.1) is 17.8 Å². The minimum absolute atomic E-state index is 0.106. The topological polar surface area (TPSA) is 76.9 Å². The van der Waals surface area contributed by atoms with E-state index < -0.39 is 0 Å². The molecular formula is C25H19ClN4O2S2. The van der Waals surface area contributed by atoms with Gasteiger partial charge in [-0.15, -0.1) is 11.3 Å².